The second kappa shape index (κ2) is 5.79. The summed E-state index contributed by atoms with van der Waals surface area (Å²) in [5, 5.41) is 10.4. The third kappa shape index (κ3) is 4.39. The molecule has 0 saturated heterocycles. The standard InChI is InChI=1S/C10H6BrClF3NO3/c11-5-1-4(2-6(12)3-5)7(8(17)18)16-9(19)10(13,14)15/h1-3,7H,(H,16,19)(H,17,18). The average Bonchev–Trinajstić information content (AvgIpc) is 2.21. The van der Waals surface area contributed by atoms with Crippen LogP contribution in [-0.4, -0.2) is 23.2 Å². The number of nitrogens with one attached hydrogen (secondary N) is 1. The molecule has 1 atom stereocenters. The maximum atomic E-state index is 12.1. The first kappa shape index (κ1) is 15.8. The van der Waals surface area contributed by atoms with Gasteiger partial charge in [0.15, 0.2) is 6.04 Å². The first-order valence-corrected chi connectivity index (χ1v) is 5.85. The molecule has 4 nitrogen and oxygen atoms in total. The molecule has 0 spiro atoms. The number of carboxylic acids is 1. The molecule has 0 aliphatic carbocycles. The summed E-state index contributed by atoms with van der Waals surface area (Å²) in [6, 6.07) is 1.99. The van der Waals surface area contributed by atoms with E-state index >= 15 is 0 Å². The Hall–Kier alpha value is -1.28. The largest absolute Gasteiger partial charge is 0.479 e. The Balaban J connectivity index is 3.08. The highest BCUT2D eigenvalue weighted by molar-refractivity contribution is 9.10. The van der Waals surface area contributed by atoms with Gasteiger partial charge in [0.05, 0.1) is 0 Å². The number of halogens is 5. The average molecular weight is 361 g/mol. The Kier molecular flexibility index (Phi) is 4.81. The van der Waals surface area contributed by atoms with Gasteiger partial charge in [-0.3, -0.25) is 4.79 Å². The molecule has 1 aromatic rings. The molecule has 2 N–H and O–H groups in total. The summed E-state index contributed by atoms with van der Waals surface area (Å²) in [5.74, 6) is -3.97. The maximum Gasteiger partial charge on any atom is 0.471 e. The van der Waals surface area contributed by atoms with Gasteiger partial charge >= 0.3 is 18.1 Å². The monoisotopic (exact) mass is 359 g/mol. The zero-order valence-corrected chi connectivity index (χ0v) is 11.3. The van der Waals surface area contributed by atoms with Crippen LogP contribution >= 0.6 is 27.5 Å². The normalized spacial score (nSPS) is 12.9. The Morgan fingerprint density at radius 1 is 1.32 bits per heavy atom. The van der Waals surface area contributed by atoms with Crippen LogP contribution in [-0.2, 0) is 9.59 Å². The summed E-state index contributed by atoms with van der Waals surface area (Å²) in [6.45, 7) is 0. The zero-order chi connectivity index (χ0) is 14.8. The van der Waals surface area contributed by atoms with Gasteiger partial charge in [-0.05, 0) is 23.8 Å². The molecule has 0 aromatic heterocycles. The molecule has 1 amide bonds. The lowest BCUT2D eigenvalue weighted by molar-refractivity contribution is -0.175. The molecule has 0 fully saturated rings. The predicted octanol–water partition coefficient (Wildman–Crippen LogP) is 2.91. The predicted molar refractivity (Wildman–Crippen MR) is 63.7 cm³/mol. The van der Waals surface area contributed by atoms with Crippen molar-refractivity contribution in [3.05, 3.63) is 33.3 Å². The fourth-order valence-electron chi connectivity index (χ4n) is 1.24. The summed E-state index contributed by atoms with van der Waals surface area (Å²) in [5.41, 5.74) is -0.0792. The Labute approximate surface area is 118 Å². The van der Waals surface area contributed by atoms with Crippen molar-refractivity contribution in [1.82, 2.24) is 5.32 Å². The van der Waals surface area contributed by atoms with E-state index in [1.165, 1.54) is 17.4 Å². The SMILES string of the molecule is O=C(O)C(NC(=O)C(F)(F)F)c1cc(Cl)cc(Br)c1. The molecule has 1 rings (SSSR count). The third-order valence-corrected chi connectivity index (χ3v) is 2.67. The van der Waals surface area contributed by atoms with Crippen LogP contribution in [0.4, 0.5) is 13.2 Å². The number of carbonyl (C=O) groups excluding carboxylic acids is 1. The van der Waals surface area contributed by atoms with Gasteiger partial charge in [-0.1, -0.05) is 27.5 Å². The number of alkyl halides is 3. The molecule has 1 aromatic carbocycles. The lowest BCUT2D eigenvalue weighted by Gasteiger charge is -2.16. The number of hydrogen-bond acceptors (Lipinski definition) is 2. The third-order valence-electron chi connectivity index (χ3n) is 2.00. The molecule has 0 aliphatic heterocycles. The van der Waals surface area contributed by atoms with Gasteiger partial charge in [-0.15, -0.1) is 0 Å². The highest BCUT2D eigenvalue weighted by Gasteiger charge is 2.41. The van der Waals surface area contributed by atoms with Crippen LogP contribution in [0.5, 0.6) is 0 Å². The molecule has 104 valence electrons. The van der Waals surface area contributed by atoms with E-state index in [4.69, 9.17) is 16.7 Å². The van der Waals surface area contributed by atoms with E-state index in [1.54, 1.807) is 0 Å². The van der Waals surface area contributed by atoms with Crippen LogP contribution in [0, 0.1) is 0 Å². The van der Waals surface area contributed by atoms with Crippen molar-refractivity contribution in [2.75, 3.05) is 0 Å². The number of rotatable bonds is 3. The van der Waals surface area contributed by atoms with Crippen molar-refractivity contribution >= 4 is 39.4 Å². The van der Waals surface area contributed by atoms with Crippen molar-refractivity contribution in [3.63, 3.8) is 0 Å². The van der Waals surface area contributed by atoms with Gasteiger partial charge in [-0.2, -0.15) is 13.2 Å². The molecular weight excluding hydrogens is 354 g/mol. The molecule has 0 bridgehead atoms. The summed E-state index contributed by atoms with van der Waals surface area (Å²) in [7, 11) is 0. The highest BCUT2D eigenvalue weighted by Crippen LogP contribution is 2.25. The number of benzene rings is 1. The minimum atomic E-state index is -5.16. The fourth-order valence-corrected chi connectivity index (χ4v) is 2.13. The number of carboxylic acid groups (broad SMARTS) is 1. The van der Waals surface area contributed by atoms with Gasteiger partial charge in [0.2, 0.25) is 0 Å². The second-order valence-electron chi connectivity index (χ2n) is 3.45. The van der Waals surface area contributed by atoms with Crippen molar-refractivity contribution in [2.24, 2.45) is 0 Å². The Morgan fingerprint density at radius 2 is 1.89 bits per heavy atom. The summed E-state index contributed by atoms with van der Waals surface area (Å²) in [4.78, 5) is 21.7. The zero-order valence-electron chi connectivity index (χ0n) is 8.96. The number of aliphatic carboxylic acids is 1. The molecule has 0 heterocycles. The smallest absolute Gasteiger partial charge is 0.471 e. The van der Waals surface area contributed by atoms with Crippen molar-refractivity contribution < 1.29 is 27.9 Å². The van der Waals surface area contributed by atoms with E-state index in [1.807, 2.05) is 0 Å². The molecule has 0 radical (unpaired) electrons. The first-order chi connectivity index (χ1) is 8.61. The van der Waals surface area contributed by atoms with E-state index in [2.05, 4.69) is 15.9 Å². The number of amides is 1. The topological polar surface area (TPSA) is 66.4 Å². The number of carbonyl (C=O) groups is 2. The summed E-state index contributed by atoms with van der Waals surface area (Å²) in [6.07, 6.45) is -5.16. The minimum absolute atomic E-state index is 0.0792. The first-order valence-electron chi connectivity index (χ1n) is 4.67. The van der Waals surface area contributed by atoms with E-state index < -0.39 is 24.1 Å². The van der Waals surface area contributed by atoms with Gasteiger partial charge < -0.3 is 10.4 Å². The van der Waals surface area contributed by atoms with Gasteiger partial charge in [0.1, 0.15) is 0 Å². The lowest BCUT2D eigenvalue weighted by Crippen LogP contribution is -2.41. The fraction of sp³-hybridized carbons (Fsp3) is 0.200. The molecule has 0 saturated carbocycles. The van der Waals surface area contributed by atoms with Gasteiger partial charge in [-0.25, -0.2) is 4.79 Å². The van der Waals surface area contributed by atoms with Crippen LogP contribution in [0.15, 0.2) is 22.7 Å². The van der Waals surface area contributed by atoms with Crippen LogP contribution in [0.3, 0.4) is 0 Å². The molecule has 1 unspecified atom stereocenters. The van der Waals surface area contributed by atoms with E-state index in [-0.39, 0.29) is 10.6 Å². The molecule has 19 heavy (non-hydrogen) atoms. The van der Waals surface area contributed by atoms with Gasteiger partial charge in [0, 0.05) is 9.50 Å². The second-order valence-corrected chi connectivity index (χ2v) is 4.80. The quantitative estimate of drug-likeness (QED) is 0.871. The number of hydrogen-bond donors (Lipinski definition) is 2. The lowest BCUT2D eigenvalue weighted by atomic mass is 10.1. The summed E-state index contributed by atoms with van der Waals surface area (Å²) >= 11 is 8.69. The van der Waals surface area contributed by atoms with Crippen LogP contribution < -0.4 is 5.32 Å². The van der Waals surface area contributed by atoms with Crippen molar-refractivity contribution in [2.45, 2.75) is 12.2 Å². The summed E-state index contributed by atoms with van der Waals surface area (Å²) < 4.78 is 36.7. The Morgan fingerprint density at radius 3 is 2.32 bits per heavy atom. The minimum Gasteiger partial charge on any atom is -0.479 e. The highest BCUT2D eigenvalue weighted by atomic mass is 79.9. The van der Waals surface area contributed by atoms with Crippen LogP contribution in [0.25, 0.3) is 0 Å². The molecular formula is C10H6BrClF3NO3. The maximum absolute atomic E-state index is 12.1. The van der Waals surface area contributed by atoms with Crippen molar-refractivity contribution in [1.29, 1.82) is 0 Å². The van der Waals surface area contributed by atoms with E-state index in [0.717, 1.165) is 6.07 Å². The molecule has 9 heteroatoms. The Bertz CT molecular complexity index is 501. The van der Waals surface area contributed by atoms with E-state index in [9.17, 15) is 22.8 Å². The van der Waals surface area contributed by atoms with Crippen LogP contribution in [0.2, 0.25) is 5.02 Å². The van der Waals surface area contributed by atoms with Gasteiger partial charge in [0.25, 0.3) is 0 Å². The van der Waals surface area contributed by atoms with Crippen LogP contribution in [0.1, 0.15) is 11.6 Å². The van der Waals surface area contributed by atoms with E-state index in [0.29, 0.717) is 4.47 Å². The molecule has 0 aliphatic rings. The van der Waals surface area contributed by atoms with Crippen molar-refractivity contribution in [3.8, 4) is 0 Å².